The van der Waals surface area contributed by atoms with Gasteiger partial charge in [0.25, 0.3) is 5.91 Å². The van der Waals surface area contributed by atoms with E-state index in [-0.39, 0.29) is 12.5 Å². The molecule has 176 valence electrons. The molecule has 0 bridgehead atoms. The number of hydrogen-bond acceptors (Lipinski definition) is 3. The molecule has 0 saturated carbocycles. The number of amides is 1. The van der Waals surface area contributed by atoms with Gasteiger partial charge in [-0.05, 0) is 66.8 Å². The second kappa shape index (κ2) is 10.4. The summed E-state index contributed by atoms with van der Waals surface area (Å²) < 4.78 is 7.31. The van der Waals surface area contributed by atoms with Gasteiger partial charge in [0.2, 0.25) is 0 Å². The smallest absolute Gasteiger partial charge is 0.323 e. The average Bonchev–Trinajstić information content (AvgIpc) is 3.15. The minimum Gasteiger partial charge on any atom is -0.487 e. The number of hydrogen-bond donors (Lipinski definition) is 1. The second-order valence-corrected chi connectivity index (χ2v) is 9.98. The first-order chi connectivity index (χ1) is 16.3. The molecule has 0 aliphatic carbocycles. The Morgan fingerprint density at radius 2 is 1.76 bits per heavy atom. The van der Waals surface area contributed by atoms with E-state index in [2.05, 4.69) is 35.0 Å². The Morgan fingerprint density at radius 3 is 2.47 bits per heavy atom. The lowest BCUT2D eigenvalue weighted by Crippen LogP contribution is -2.36. The number of aryl methyl sites for hydroxylation is 1. The van der Waals surface area contributed by atoms with Crippen LogP contribution in [0.3, 0.4) is 0 Å². The molecule has 1 heterocycles. The number of rotatable bonds is 9. The summed E-state index contributed by atoms with van der Waals surface area (Å²) in [5.74, 6) is -0.496. The quantitative estimate of drug-likeness (QED) is 0.401. The molecule has 0 unspecified atom stereocenters. The second-order valence-electron chi connectivity index (χ2n) is 9.06. The molecule has 5 nitrogen and oxygen atoms in total. The highest BCUT2D eigenvalue weighted by Crippen LogP contribution is 2.37. The lowest BCUT2D eigenvalue weighted by Gasteiger charge is -2.24. The lowest BCUT2D eigenvalue weighted by atomic mass is 9.91. The predicted octanol–water partition coefficient (Wildman–Crippen LogP) is 5.55. The van der Waals surface area contributed by atoms with Gasteiger partial charge in [-0.15, -0.1) is 0 Å². The SMILES string of the molecule is C[C@@]1(Cc2ccc(Br)cc2)Cc2cc(C(=O)N(CCCc3ccccc3)CC(=O)O)ccc2O1. The van der Waals surface area contributed by atoms with Gasteiger partial charge in [-0.2, -0.15) is 0 Å². The van der Waals surface area contributed by atoms with Gasteiger partial charge < -0.3 is 14.7 Å². The highest BCUT2D eigenvalue weighted by atomic mass is 79.9. The van der Waals surface area contributed by atoms with Crippen molar-refractivity contribution in [3.63, 3.8) is 0 Å². The minimum absolute atomic E-state index is 0.264. The van der Waals surface area contributed by atoms with Crippen molar-refractivity contribution in [1.82, 2.24) is 4.90 Å². The van der Waals surface area contributed by atoms with Gasteiger partial charge >= 0.3 is 5.97 Å². The summed E-state index contributed by atoms with van der Waals surface area (Å²) in [5.41, 5.74) is 3.43. The normalized spacial score (nSPS) is 16.5. The molecule has 1 N–H and O–H groups in total. The first-order valence-electron chi connectivity index (χ1n) is 11.4. The maximum Gasteiger partial charge on any atom is 0.323 e. The highest BCUT2D eigenvalue weighted by Gasteiger charge is 2.35. The number of aliphatic carboxylic acids is 1. The van der Waals surface area contributed by atoms with E-state index in [0.717, 1.165) is 28.6 Å². The van der Waals surface area contributed by atoms with Crippen LogP contribution in [0.25, 0.3) is 0 Å². The first kappa shape index (κ1) is 24.0. The van der Waals surface area contributed by atoms with Crippen LogP contribution in [0.4, 0.5) is 0 Å². The molecule has 4 rings (SSSR count). The number of fused-ring (bicyclic) bond motifs is 1. The maximum absolute atomic E-state index is 13.2. The van der Waals surface area contributed by atoms with E-state index in [1.54, 1.807) is 6.07 Å². The Hall–Kier alpha value is -3.12. The van der Waals surface area contributed by atoms with Crippen LogP contribution >= 0.6 is 15.9 Å². The fourth-order valence-corrected chi connectivity index (χ4v) is 4.77. The fraction of sp³-hybridized carbons (Fsp3) is 0.286. The van der Waals surface area contributed by atoms with E-state index >= 15 is 0 Å². The number of carbonyl (C=O) groups excluding carboxylic acids is 1. The van der Waals surface area contributed by atoms with Crippen LogP contribution in [-0.2, 0) is 24.1 Å². The number of benzene rings is 3. The molecule has 3 aromatic rings. The van der Waals surface area contributed by atoms with Crippen LogP contribution in [-0.4, -0.2) is 40.6 Å². The first-order valence-corrected chi connectivity index (χ1v) is 12.2. The van der Waals surface area contributed by atoms with Crippen molar-refractivity contribution >= 4 is 27.8 Å². The van der Waals surface area contributed by atoms with Crippen molar-refractivity contribution in [2.45, 2.75) is 38.2 Å². The molecule has 1 aliphatic rings. The summed E-state index contributed by atoms with van der Waals surface area (Å²) in [4.78, 5) is 26.1. The molecule has 1 atom stereocenters. The zero-order valence-electron chi connectivity index (χ0n) is 19.2. The summed E-state index contributed by atoms with van der Waals surface area (Å²) in [7, 11) is 0. The molecule has 0 aromatic heterocycles. The molecule has 0 saturated heterocycles. The van der Waals surface area contributed by atoms with Crippen LogP contribution in [0.5, 0.6) is 5.75 Å². The molecule has 6 heteroatoms. The molecule has 3 aromatic carbocycles. The van der Waals surface area contributed by atoms with Crippen LogP contribution < -0.4 is 4.74 Å². The van der Waals surface area contributed by atoms with E-state index in [0.29, 0.717) is 24.9 Å². The van der Waals surface area contributed by atoms with Crippen molar-refractivity contribution in [2.75, 3.05) is 13.1 Å². The molecule has 34 heavy (non-hydrogen) atoms. The topological polar surface area (TPSA) is 66.8 Å². The van der Waals surface area contributed by atoms with Gasteiger partial charge in [-0.3, -0.25) is 9.59 Å². The number of ether oxygens (including phenoxy) is 1. The number of halogens is 1. The highest BCUT2D eigenvalue weighted by molar-refractivity contribution is 9.10. The van der Waals surface area contributed by atoms with Gasteiger partial charge in [0.1, 0.15) is 17.9 Å². The van der Waals surface area contributed by atoms with Crippen LogP contribution in [0, 0.1) is 0 Å². The van der Waals surface area contributed by atoms with Gasteiger partial charge in [0, 0.05) is 29.4 Å². The van der Waals surface area contributed by atoms with E-state index in [1.807, 2.05) is 54.6 Å². The molecule has 0 radical (unpaired) electrons. The van der Waals surface area contributed by atoms with Gasteiger partial charge in [0.05, 0.1) is 0 Å². The summed E-state index contributed by atoms with van der Waals surface area (Å²) in [6.07, 6.45) is 2.92. The van der Waals surface area contributed by atoms with Crippen molar-refractivity contribution in [3.8, 4) is 5.75 Å². The maximum atomic E-state index is 13.2. The third-order valence-electron chi connectivity index (χ3n) is 6.07. The zero-order chi connectivity index (χ0) is 24.1. The third-order valence-corrected chi connectivity index (χ3v) is 6.60. The van der Waals surface area contributed by atoms with E-state index in [1.165, 1.54) is 16.0 Å². The lowest BCUT2D eigenvalue weighted by molar-refractivity contribution is -0.137. The summed E-state index contributed by atoms with van der Waals surface area (Å²) in [5, 5.41) is 9.36. The van der Waals surface area contributed by atoms with Crippen LogP contribution in [0.1, 0.15) is 40.4 Å². The Bertz CT molecular complexity index is 1160. The van der Waals surface area contributed by atoms with Crippen molar-refractivity contribution in [2.24, 2.45) is 0 Å². The van der Waals surface area contributed by atoms with E-state index in [9.17, 15) is 14.7 Å². The number of carboxylic acid groups (broad SMARTS) is 1. The molecule has 1 aliphatic heterocycles. The predicted molar refractivity (Wildman–Crippen MR) is 135 cm³/mol. The van der Waals surface area contributed by atoms with Gasteiger partial charge in [-0.25, -0.2) is 0 Å². The van der Waals surface area contributed by atoms with Gasteiger partial charge in [0.15, 0.2) is 0 Å². The largest absolute Gasteiger partial charge is 0.487 e. The number of carboxylic acids is 1. The number of nitrogens with zero attached hydrogens (tertiary/aromatic N) is 1. The van der Waals surface area contributed by atoms with Gasteiger partial charge in [-0.1, -0.05) is 58.4 Å². The molecule has 0 fully saturated rings. The van der Waals surface area contributed by atoms with E-state index in [4.69, 9.17) is 4.74 Å². The van der Waals surface area contributed by atoms with Crippen molar-refractivity contribution in [1.29, 1.82) is 0 Å². The molecule has 0 spiro atoms. The van der Waals surface area contributed by atoms with Crippen molar-refractivity contribution in [3.05, 3.63) is 99.5 Å². The molecular weight excluding hydrogens is 494 g/mol. The Kier molecular flexibility index (Phi) is 7.37. The van der Waals surface area contributed by atoms with Crippen LogP contribution in [0.15, 0.2) is 77.3 Å². The van der Waals surface area contributed by atoms with Crippen molar-refractivity contribution < 1.29 is 19.4 Å². The minimum atomic E-state index is -1.01. The Morgan fingerprint density at radius 1 is 1.03 bits per heavy atom. The average molecular weight is 522 g/mol. The van der Waals surface area contributed by atoms with Crippen LogP contribution in [0.2, 0.25) is 0 Å². The fourth-order valence-electron chi connectivity index (χ4n) is 4.50. The number of carbonyl (C=O) groups is 2. The third kappa shape index (κ3) is 6.06. The summed E-state index contributed by atoms with van der Waals surface area (Å²) in [6.45, 7) is 2.15. The Labute approximate surface area is 208 Å². The monoisotopic (exact) mass is 521 g/mol. The summed E-state index contributed by atoms with van der Waals surface area (Å²) >= 11 is 3.47. The standard InChI is InChI=1S/C28H28BrNO4/c1-28(17-21-9-12-24(29)13-10-21)18-23-16-22(11-14-25(23)34-28)27(33)30(19-26(31)32)15-5-8-20-6-3-2-4-7-20/h2-4,6-7,9-14,16H,5,8,15,17-19H2,1H3,(H,31,32)/t28-/m1/s1. The molecule has 1 amide bonds. The Balaban J connectivity index is 1.44. The van der Waals surface area contributed by atoms with E-state index < -0.39 is 11.6 Å². The zero-order valence-corrected chi connectivity index (χ0v) is 20.8. The summed E-state index contributed by atoms with van der Waals surface area (Å²) in [6, 6.07) is 23.6. The molecular formula is C28H28BrNO4.